The summed E-state index contributed by atoms with van der Waals surface area (Å²) in [5.74, 6) is 1.55. The minimum Gasteiger partial charge on any atom is -0.485 e. The van der Waals surface area contributed by atoms with Crippen molar-refractivity contribution in [1.29, 1.82) is 0 Å². The van der Waals surface area contributed by atoms with Gasteiger partial charge in [0, 0.05) is 10.6 Å². The Morgan fingerprint density at radius 3 is 2.56 bits per heavy atom. The van der Waals surface area contributed by atoms with Crippen molar-refractivity contribution in [3.8, 4) is 22.9 Å². The van der Waals surface area contributed by atoms with Crippen molar-refractivity contribution in [2.75, 3.05) is 0 Å². The molecule has 0 aliphatic carbocycles. The van der Waals surface area contributed by atoms with E-state index in [4.69, 9.17) is 20.9 Å². The molecule has 0 radical (unpaired) electrons. The highest BCUT2D eigenvalue weighted by Gasteiger charge is 2.09. The van der Waals surface area contributed by atoms with E-state index in [1.165, 1.54) is 6.33 Å². The zero-order valence-electron chi connectivity index (χ0n) is 12.8. The van der Waals surface area contributed by atoms with E-state index in [1.807, 2.05) is 36.4 Å². The maximum absolute atomic E-state index is 5.87. The van der Waals surface area contributed by atoms with Gasteiger partial charge in [0.2, 0.25) is 5.82 Å². The molecule has 4 aromatic rings. The quantitative estimate of drug-likeness (QED) is 0.544. The largest absolute Gasteiger partial charge is 0.485 e. The molecular formula is C16H11ClN6O2. The van der Waals surface area contributed by atoms with Crippen LogP contribution < -0.4 is 4.74 Å². The number of tetrazole rings is 1. The second-order valence-corrected chi connectivity index (χ2v) is 5.50. The van der Waals surface area contributed by atoms with Crippen LogP contribution in [0.15, 0.2) is 59.4 Å². The van der Waals surface area contributed by atoms with E-state index in [1.54, 1.807) is 16.8 Å². The zero-order valence-corrected chi connectivity index (χ0v) is 13.5. The van der Waals surface area contributed by atoms with Crippen molar-refractivity contribution in [1.82, 2.24) is 30.3 Å². The summed E-state index contributed by atoms with van der Waals surface area (Å²) < 4.78 is 12.5. The normalized spacial score (nSPS) is 10.8. The highest BCUT2D eigenvalue weighted by Crippen LogP contribution is 2.20. The van der Waals surface area contributed by atoms with Gasteiger partial charge in [0.15, 0.2) is 6.61 Å². The second kappa shape index (κ2) is 6.70. The van der Waals surface area contributed by atoms with Gasteiger partial charge in [-0.15, -0.1) is 5.10 Å². The van der Waals surface area contributed by atoms with Gasteiger partial charge in [-0.25, -0.2) is 4.68 Å². The van der Waals surface area contributed by atoms with Crippen LogP contribution >= 0.6 is 11.6 Å². The van der Waals surface area contributed by atoms with Gasteiger partial charge in [-0.3, -0.25) is 0 Å². The molecule has 0 aliphatic rings. The van der Waals surface area contributed by atoms with Gasteiger partial charge in [-0.1, -0.05) is 16.8 Å². The summed E-state index contributed by atoms with van der Waals surface area (Å²) in [5, 5.41) is 15.6. The number of hydrogen-bond acceptors (Lipinski definition) is 7. The maximum atomic E-state index is 5.87. The Morgan fingerprint density at radius 2 is 1.84 bits per heavy atom. The molecule has 0 spiro atoms. The van der Waals surface area contributed by atoms with Crippen molar-refractivity contribution in [2.24, 2.45) is 0 Å². The number of ether oxygens (including phenoxy) is 1. The summed E-state index contributed by atoms with van der Waals surface area (Å²) in [6.45, 7) is 0.196. The molecule has 4 rings (SSSR count). The van der Waals surface area contributed by atoms with E-state index in [-0.39, 0.29) is 6.61 Å². The van der Waals surface area contributed by atoms with Gasteiger partial charge in [0.25, 0.3) is 5.89 Å². The highest BCUT2D eigenvalue weighted by atomic mass is 35.5. The Bertz CT molecular complexity index is 951. The first-order valence-electron chi connectivity index (χ1n) is 7.33. The highest BCUT2D eigenvalue weighted by molar-refractivity contribution is 6.30. The van der Waals surface area contributed by atoms with E-state index in [2.05, 4.69) is 25.7 Å². The molecule has 8 nitrogen and oxygen atoms in total. The number of hydrogen-bond donors (Lipinski definition) is 0. The predicted octanol–water partition coefficient (Wildman–Crippen LogP) is 2.94. The Morgan fingerprint density at radius 1 is 1.04 bits per heavy atom. The topological polar surface area (TPSA) is 91.8 Å². The molecule has 25 heavy (non-hydrogen) atoms. The molecule has 0 N–H and O–H groups in total. The van der Waals surface area contributed by atoms with Crippen LogP contribution in [0.2, 0.25) is 5.02 Å². The smallest absolute Gasteiger partial charge is 0.258 e. The third kappa shape index (κ3) is 3.48. The van der Waals surface area contributed by atoms with E-state index < -0.39 is 0 Å². The first kappa shape index (κ1) is 15.3. The minimum atomic E-state index is 0.196. The maximum Gasteiger partial charge on any atom is 0.258 e. The molecule has 9 heteroatoms. The van der Waals surface area contributed by atoms with E-state index in [9.17, 15) is 0 Å². The molecule has 0 bridgehead atoms. The fourth-order valence-corrected chi connectivity index (χ4v) is 2.27. The molecule has 0 aliphatic heterocycles. The summed E-state index contributed by atoms with van der Waals surface area (Å²) in [6, 6.07) is 14.5. The fourth-order valence-electron chi connectivity index (χ4n) is 2.14. The number of halogens is 1. The van der Waals surface area contributed by atoms with Gasteiger partial charge in [0.05, 0.1) is 5.69 Å². The molecule has 0 saturated carbocycles. The number of benzene rings is 2. The van der Waals surface area contributed by atoms with Crippen LogP contribution in [-0.2, 0) is 6.61 Å². The summed E-state index contributed by atoms with van der Waals surface area (Å²) in [4.78, 5) is 4.31. The number of aromatic nitrogens is 6. The summed E-state index contributed by atoms with van der Waals surface area (Å²) in [5.41, 5.74) is 1.64. The first-order chi connectivity index (χ1) is 12.3. The lowest BCUT2D eigenvalue weighted by molar-refractivity contribution is 0.287. The third-order valence-corrected chi connectivity index (χ3v) is 3.63. The monoisotopic (exact) mass is 354 g/mol. The van der Waals surface area contributed by atoms with Crippen LogP contribution in [0.3, 0.4) is 0 Å². The predicted molar refractivity (Wildman–Crippen MR) is 88.2 cm³/mol. The van der Waals surface area contributed by atoms with Gasteiger partial charge in [-0.2, -0.15) is 4.98 Å². The average molecular weight is 355 g/mol. The van der Waals surface area contributed by atoms with E-state index in [0.29, 0.717) is 22.5 Å². The first-order valence-corrected chi connectivity index (χ1v) is 7.70. The van der Waals surface area contributed by atoms with Gasteiger partial charge in [-0.05, 0) is 59.0 Å². The van der Waals surface area contributed by atoms with Crippen LogP contribution in [0.1, 0.15) is 5.82 Å². The summed E-state index contributed by atoms with van der Waals surface area (Å²) >= 11 is 5.87. The lowest BCUT2D eigenvalue weighted by Crippen LogP contribution is -1.99. The van der Waals surface area contributed by atoms with Gasteiger partial charge >= 0.3 is 0 Å². The van der Waals surface area contributed by atoms with Gasteiger partial charge < -0.3 is 9.26 Å². The van der Waals surface area contributed by atoms with Crippen LogP contribution in [0.25, 0.3) is 17.1 Å². The lowest BCUT2D eigenvalue weighted by atomic mass is 10.2. The molecule has 0 unspecified atom stereocenters. The SMILES string of the molecule is Clc1ccc(-c2nc(COc3ccc(-n4cnnn4)cc3)no2)cc1. The molecule has 124 valence electrons. The minimum absolute atomic E-state index is 0.196. The number of rotatable bonds is 5. The van der Waals surface area contributed by atoms with Crippen molar-refractivity contribution < 1.29 is 9.26 Å². The average Bonchev–Trinajstić information content (AvgIpc) is 3.33. The Kier molecular flexibility index (Phi) is 4.09. The lowest BCUT2D eigenvalue weighted by Gasteiger charge is -2.04. The Labute approximate surface area is 147 Å². The second-order valence-electron chi connectivity index (χ2n) is 5.06. The summed E-state index contributed by atoms with van der Waals surface area (Å²) in [6.07, 6.45) is 1.52. The molecule has 2 aromatic carbocycles. The Hall–Kier alpha value is -3.26. The fraction of sp³-hybridized carbons (Fsp3) is 0.0625. The van der Waals surface area contributed by atoms with E-state index in [0.717, 1.165) is 11.3 Å². The van der Waals surface area contributed by atoms with Crippen molar-refractivity contribution in [2.45, 2.75) is 6.61 Å². The van der Waals surface area contributed by atoms with Crippen molar-refractivity contribution >= 4 is 11.6 Å². The molecule has 2 heterocycles. The summed E-state index contributed by atoms with van der Waals surface area (Å²) in [7, 11) is 0. The zero-order chi connectivity index (χ0) is 17.1. The van der Waals surface area contributed by atoms with Crippen LogP contribution in [-0.4, -0.2) is 30.3 Å². The van der Waals surface area contributed by atoms with Crippen LogP contribution in [0.5, 0.6) is 5.75 Å². The number of nitrogens with zero attached hydrogens (tertiary/aromatic N) is 6. The molecule has 0 fully saturated rings. The standard InChI is InChI=1S/C16H11ClN6O2/c17-12-3-1-11(2-4-12)16-19-15(20-25-16)9-24-14-7-5-13(6-8-14)23-10-18-21-22-23/h1-8,10H,9H2. The van der Waals surface area contributed by atoms with Crippen molar-refractivity contribution in [3.05, 3.63) is 65.7 Å². The Balaban J connectivity index is 1.41. The molecule has 0 amide bonds. The molecule has 0 saturated heterocycles. The van der Waals surface area contributed by atoms with Crippen LogP contribution in [0, 0.1) is 0 Å². The molecular weight excluding hydrogens is 344 g/mol. The molecule has 0 atom stereocenters. The molecule has 2 aromatic heterocycles. The van der Waals surface area contributed by atoms with Gasteiger partial charge in [0.1, 0.15) is 12.1 Å². The van der Waals surface area contributed by atoms with Crippen LogP contribution in [0.4, 0.5) is 0 Å². The van der Waals surface area contributed by atoms with Crippen molar-refractivity contribution in [3.63, 3.8) is 0 Å². The van der Waals surface area contributed by atoms with E-state index >= 15 is 0 Å². The third-order valence-electron chi connectivity index (χ3n) is 3.38.